The zero-order valence-electron chi connectivity index (χ0n) is 11.5. The normalized spacial score (nSPS) is 14.4. The lowest BCUT2D eigenvalue weighted by Gasteiger charge is -2.03. The summed E-state index contributed by atoms with van der Waals surface area (Å²) in [6.07, 6.45) is 4.55. The van der Waals surface area contributed by atoms with Crippen LogP contribution in [0.2, 0.25) is 0 Å². The molecule has 20 heavy (non-hydrogen) atoms. The van der Waals surface area contributed by atoms with Crippen molar-refractivity contribution in [3.8, 4) is 0 Å². The zero-order chi connectivity index (χ0) is 15.0. The number of carbonyl (C=O) groups excluding carboxylic acids is 1. The predicted octanol–water partition coefficient (Wildman–Crippen LogP) is 3.72. The number of unbranched alkanes of at least 4 members (excludes halogenated alkanes) is 1. The highest BCUT2D eigenvalue weighted by atomic mass is 79.9. The fourth-order valence-corrected chi connectivity index (χ4v) is 2.75. The summed E-state index contributed by atoms with van der Waals surface area (Å²) in [6.45, 7) is 2.39. The van der Waals surface area contributed by atoms with Crippen LogP contribution in [-0.2, 0) is 19.3 Å². The van der Waals surface area contributed by atoms with Gasteiger partial charge in [-0.1, -0.05) is 31.5 Å². The molecule has 0 aliphatic heterocycles. The van der Waals surface area contributed by atoms with E-state index in [2.05, 4.69) is 20.3 Å². The van der Waals surface area contributed by atoms with Crippen LogP contribution < -0.4 is 0 Å². The Labute approximate surface area is 128 Å². The second kappa shape index (κ2) is 8.21. The van der Waals surface area contributed by atoms with Gasteiger partial charge in [0.1, 0.15) is 4.48 Å². The van der Waals surface area contributed by atoms with Crippen LogP contribution in [0.5, 0.6) is 0 Å². The minimum absolute atomic E-state index is 0.166. The molecule has 6 heteroatoms. The third-order valence-electron chi connectivity index (χ3n) is 2.47. The van der Waals surface area contributed by atoms with Crippen molar-refractivity contribution in [2.45, 2.75) is 24.7 Å². The van der Waals surface area contributed by atoms with Gasteiger partial charge in [0.2, 0.25) is 0 Å². The maximum absolute atomic E-state index is 12.4. The van der Waals surface area contributed by atoms with Gasteiger partial charge in [-0.25, -0.2) is 13.4 Å². The van der Waals surface area contributed by atoms with Crippen LogP contribution in [0.25, 0.3) is 0 Å². The van der Waals surface area contributed by atoms with E-state index in [-0.39, 0.29) is 4.48 Å². The van der Waals surface area contributed by atoms with Crippen molar-refractivity contribution in [3.05, 3.63) is 41.0 Å². The van der Waals surface area contributed by atoms with Gasteiger partial charge in [0.05, 0.1) is 22.5 Å². The average Bonchev–Trinajstić information content (AvgIpc) is 2.46. The summed E-state index contributed by atoms with van der Waals surface area (Å²) >= 11 is 3.09. The first kappa shape index (κ1) is 16.9. The summed E-state index contributed by atoms with van der Waals surface area (Å²) in [6, 6.07) is 8.92. The van der Waals surface area contributed by atoms with Gasteiger partial charge in [0, 0.05) is 11.2 Å². The molecule has 1 rings (SSSR count). The number of benzene rings is 1. The molecule has 0 heterocycles. The molecule has 0 saturated carbocycles. The van der Waals surface area contributed by atoms with Crippen LogP contribution in [0.3, 0.4) is 0 Å². The molecule has 110 valence electrons. The number of nitrogens with zero attached hydrogens (tertiary/aromatic N) is 1. The van der Waals surface area contributed by atoms with Crippen molar-refractivity contribution in [1.29, 1.82) is 0 Å². The second-order valence-electron chi connectivity index (χ2n) is 4.19. The summed E-state index contributed by atoms with van der Waals surface area (Å²) in [4.78, 5) is 12.2. The van der Waals surface area contributed by atoms with Gasteiger partial charge in [-0.15, -0.1) is 0 Å². The van der Waals surface area contributed by atoms with E-state index < -0.39 is 15.7 Å². The molecule has 1 unspecified atom stereocenters. The molecule has 0 radical (unpaired) electrons. The van der Waals surface area contributed by atoms with Crippen molar-refractivity contribution < 1.29 is 13.7 Å². The van der Waals surface area contributed by atoms with Gasteiger partial charge < -0.3 is 4.74 Å². The van der Waals surface area contributed by atoms with E-state index in [0.29, 0.717) is 11.5 Å². The number of halogens is 1. The van der Waals surface area contributed by atoms with Crippen molar-refractivity contribution in [2.24, 2.45) is 4.36 Å². The van der Waals surface area contributed by atoms with Gasteiger partial charge in [0.15, 0.2) is 0 Å². The molecule has 1 aromatic carbocycles. The van der Waals surface area contributed by atoms with Crippen molar-refractivity contribution in [1.82, 2.24) is 0 Å². The van der Waals surface area contributed by atoms with Crippen LogP contribution in [0.4, 0.5) is 0 Å². The fraction of sp³-hybridized carbons (Fsp3) is 0.357. The van der Waals surface area contributed by atoms with Crippen LogP contribution >= 0.6 is 15.9 Å². The van der Waals surface area contributed by atoms with E-state index >= 15 is 0 Å². The van der Waals surface area contributed by atoms with Gasteiger partial charge >= 0.3 is 5.97 Å². The largest absolute Gasteiger partial charge is 0.462 e. The first-order valence-electron chi connectivity index (χ1n) is 6.26. The standard InChI is InChI=1S/C14H18BrNO3S/c1-3-4-10-19-14(17)13(15)11-16-20(2,18)12-8-6-5-7-9-12/h5-9,11H,3-4,10H2,1-2H3/b13-11-. The summed E-state index contributed by atoms with van der Waals surface area (Å²) in [5, 5.41) is 0. The second-order valence-corrected chi connectivity index (χ2v) is 7.33. The number of hydrogen-bond donors (Lipinski definition) is 0. The van der Waals surface area contributed by atoms with Crippen molar-refractivity contribution in [3.63, 3.8) is 0 Å². The van der Waals surface area contributed by atoms with E-state index in [1.165, 1.54) is 12.5 Å². The van der Waals surface area contributed by atoms with E-state index in [0.717, 1.165) is 12.8 Å². The fourth-order valence-electron chi connectivity index (χ4n) is 1.31. The SMILES string of the molecule is CCCCOC(=O)/C(Br)=C/N=S(C)(=O)c1ccccc1. The topological polar surface area (TPSA) is 55.7 Å². The van der Waals surface area contributed by atoms with Gasteiger partial charge in [-0.3, -0.25) is 0 Å². The Balaban J connectivity index is 2.81. The van der Waals surface area contributed by atoms with E-state index in [1.807, 2.05) is 13.0 Å². The molecule has 0 bridgehead atoms. The summed E-state index contributed by atoms with van der Waals surface area (Å²) in [7, 11) is -2.55. The van der Waals surface area contributed by atoms with E-state index in [4.69, 9.17) is 4.74 Å². The molecule has 0 fully saturated rings. The molecule has 1 atom stereocenters. The number of hydrogen-bond acceptors (Lipinski definition) is 4. The molecular weight excluding hydrogens is 342 g/mol. The lowest BCUT2D eigenvalue weighted by molar-refractivity contribution is -0.138. The third kappa shape index (κ3) is 5.46. The summed E-state index contributed by atoms with van der Waals surface area (Å²) in [5.41, 5.74) is 0. The Morgan fingerprint density at radius 2 is 2.05 bits per heavy atom. The molecule has 0 aliphatic rings. The van der Waals surface area contributed by atoms with Crippen LogP contribution in [0, 0.1) is 0 Å². The highest BCUT2D eigenvalue weighted by Gasteiger charge is 2.08. The molecule has 0 spiro atoms. The first-order valence-corrected chi connectivity index (χ1v) is 8.98. The number of carbonyl (C=O) groups is 1. The minimum atomic E-state index is -2.55. The lowest BCUT2D eigenvalue weighted by atomic mass is 10.4. The average molecular weight is 360 g/mol. The molecule has 0 amide bonds. The van der Waals surface area contributed by atoms with Crippen LogP contribution in [0.15, 0.2) is 50.3 Å². The Hall–Kier alpha value is -1.14. The van der Waals surface area contributed by atoms with Crippen molar-refractivity contribution in [2.75, 3.05) is 12.9 Å². The van der Waals surface area contributed by atoms with Gasteiger partial charge in [-0.05, 0) is 34.5 Å². The summed E-state index contributed by atoms with van der Waals surface area (Å²) < 4.78 is 21.6. The Bertz CT molecular complexity index is 590. The van der Waals surface area contributed by atoms with E-state index in [1.54, 1.807) is 24.3 Å². The summed E-state index contributed by atoms with van der Waals surface area (Å²) in [5.74, 6) is -0.495. The molecule has 0 N–H and O–H groups in total. The third-order valence-corrected chi connectivity index (χ3v) is 4.66. The highest BCUT2D eigenvalue weighted by Crippen LogP contribution is 2.14. The number of esters is 1. The molecule has 0 aromatic heterocycles. The maximum Gasteiger partial charge on any atom is 0.346 e. The first-order chi connectivity index (χ1) is 9.47. The quantitative estimate of drug-likeness (QED) is 0.441. The van der Waals surface area contributed by atoms with Gasteiger partial charge in [-0.2, -0.15) is 0 Å². The molecule has 1 aromatic rings. The Kier molecular flexibility index (Phi) is 6.95. The monoisotopic (exact) mass is 359 g/mol. The number of rotatable bonds is 6. The molecule has 4 nitrogen and oxygen atoms in total. The minimum Gasteiger partial charge on any atom is -0.462 e. The molecule has 0 saturated heterocycles. The van der Waals surface area contributed by atoms with Crippen LogP contribution in [0.1, 0.15) is 19.8 Å². The predicted molar refractivity (Wildman–Crippen MR) is 84.1 cm³/mol. The smallest absolute Gasteiger partial charge is 0.346 e. The van der Waals surface area contributed by atoms with Crippen LogP contribution in [-0.4, -0.2) is 23.0 Å². The van der Waals surface area contributed by atoms with Gasteiger partial charge in [0.25, 0.3) is 0 Å². The Morgan fingerprint density at radius 1 is 1.40 bits per heavy atom. The Morgan fingerprint density at radius 3 is 2.65 bits per heavy atom. The molecular formula is C14H18BrNO3S. The van der Waals surface area contributed by atoms with Crippen molar-refractivity contribution >= 4 is 31.6 Å². The zero-order valence-corrected chi connectivity index (χ0v) is 13.9. The maximum atomic E-state index is 12.4. The highest BCUT2D eigenvalue weighted by molar-refractivity contribution is 9.12. The van der Waals surface area contributed by atoms with E-state index in [9.17, 15) is 9.00 Å². The number of ether oxygens (including phenoxy) is 1. The molecule has 0 aliphatic carbocycles. The lowest BCUT2D eigenvalue weighted by Crippen LogP contribution is -2.05.